The summed E-state index contributed by atoms with van der Waals surface area (Å²) in [6.07, 6.45) is 3.04. The molecular weight excluding hydrogens is 392 g/mol. The van der Waals surface area contributed by atoms with Gasteiger partial charge in [-0.2, -0.15) is 10.2 Å². The van der Waals surface area contributed by atoms with E-state index in [1.807, 2.05) is 49.4 Å². The predicted molar refractivity (Wildman–Crippen MR) is 119 cm³/mol. The third-order valence-corrected chi connectivity index (χ3v) is 5.14. The average molecular weight is 414 g/mol. The average Bonchev–Trinajstić information content (AvgIpc) is 3.30. The third kappa shape index (κ3) is 4.09. The summed E-state index contributed by atoms with van der Waals surface area (Å²) in [4.78, 5) is 25.6. The lowest BCUT2D eigenvalue weighted by Crippen LogP contribution is -2.20. The lowest BCUT2D eigenvalue weighted by molar-refractivity contribution is 0.101. The van der Waals surface area contributed by atoms with Crippen LogP contribution in [0.25, 0.3) is 11.1 Å². The third-order valence-electron chi connectivity index (χ3n) is 5.14. The van der Waals surface area contributed by atoms with E-state index in [0.717, 1.165) is 16.8 Å². The molecule has 4 rings (SSSR count). The molecule has 0 bridgehead atoms. The number of nitrogens with one attached hydrogen (secondary N) is 2. The number of hydrogen-bond donors (Lipinski definition) is 2. The van der Waals surface area contributed by atoms with Gasteiger partial charge in [0, 0.05) is 19.7 Å². The van der Waals surface area contributed by atoms with Crippen LogP contribution in [0.3, 0.4) is 0 Å². The molecule has 0 atom stereocenters. The normalized spacial score (nSPS) is 10.7. The van der Waals surface area contributed by atoms with Crippen LogP contribution in [0.2, 0.25) is 0 Å². The summed E-state index contributed by atoms with van der Waals surface area (Å²) in [5.74, 6) is -0.704. The van der Waals surface area contributed by atoms with E-state index >= 15 is 0 Å². The fraction of sp³-hybridized carbons (Fsp3) is 0.130. The number of carbonyl (C=O) groups excluding carboxylic acids is 2. The Hall–Kier alpha value is -4.20. The Bertz CT molecular complexity index is 1240. The maximum absolute atomic E-state index is 12.8. The van der Waals surface area contributed by atoms with Gasteiger partial charge in [0.25, 0.3) is 11.8 Å². The molecule has 0 aliphatic heterocycles. The van der Waals surface area contributed by atoms with E-state index in [1.165, 1.54) is 10.9 Å². The van der Waals surface area contributed by atoms with Crippen LogP contribution in [-0.2, 0) is 14.1 Å². The van der Waals surface area contributed by atoms with E-state index in [0.29, 0.717) is 16.9 Å². The molecule has 0 spiro atoms. The zero-order valence-corrected chi connectivity index (χ0v) is 17.5. The molecule has 2 amide bonds. The van der Waals surface area contributed by atoms with Crippen LogP contribution < -0.4 is 10.6 Å². The smallest absolute Gasteiger partial charge is 0.276 e. The van der Waals surface area contributed by atoms with Gasteiger partial charge in [-0.05, 0) is 30.2 Å². The molecule has 2 aromatic heterocycles. The largest absolute Gasteiger partial charge is 0.319 e. The highest BCUT2D eigenvalue weighted by Gasteiger charge is 2.20. The van der Waals surface area contributed by atoms with Gasteiger partial charge in [-0.3, -0.25) is 19.0 Å². The molecule has 0 aliphatic carbocycles. The van der Waals surface area contributed by atoms with E-state index < -0.39 is 0 Å². The van der Waals surface area contributed by atoms with Gasteiger partial charge in [0.15, 0.2) is 0 Å². The Morgan fingerprint density at radius 3 is 1.97 bits per heavy atom. The van der Waals surface area contributed by atoms with Crippen molar-refractivity contribution in [1.82, 2.24) is 19.6 Å². The summed E-state index contributed by atoms with van der Waals surface area (Å²) in [7, 11) is 3.44. The van der Waals surface area contributed by atoms with Crippen molar-refractivity contribution in [3.05, 3.63) is 83.9 Å². The second-order valence-electron chi connectivity index (χ2n) is 7.15. The molecule has 0 radical (unpaired) electrons. The summed E-state index contributed by atoms with van der Waals surface area (Å²) >= 11 is 0. The number of amides is 2. The van der Waals surface area contributed by atoms with E-state index in [-0.39, 0.29) is 17.5 Å². The van der Waals surface area contributed by atoms with Gasteiger partial charge in [0.05, 0.1) is 29.5 Å². The molecule has 156 valence electrons. The minimum absolute atomic E-state index is 0.248. The number of hydrogen-bond acceptors (Lipinski definition) is 4. The van der Waals surface area contributed by atoms with Crippen LogP contribution in [0.5, 0.6) is 0 Å². The van der Waals surface area contributed by atoms with Crippen molar-refractivity contribution < 1.29 is 9.59 Å². The summed E-state index contributed by atoms with van der Waals surface area (Å²) < 4.78 is 3.09. The van der Waals surface area contributed by atoms with Crippen molar-refractivity contribution in [3.63, 3.8) is 0 Å². The number of rotatable bonds is 5. The van der Waals surface area contributed by atoms with Gasteiger partial charge in [-0.15, -0.1) is 0 Å². The summed E-state index contributed by atoms with van der Waals surface area (Å²) in [6.45, 7) is 1.85. The van der Waals surface area contributed by atoms with E-state index in [1.54, 1.807) is 37.1 Å². The number of anilines is 2. The first-order valence-corrected chi connectivity index (χ1v) is 9.73. The molecule has 2 N–H and O–H groups in total. The molecule has 4 aromatic rings. The number of carbonyl (C=O) groups is 2. The van der Waals surface area contributed by atoms with Crippen LogP contribution in [-0.4, -0.2) is 31.4 Å². The van der Waals surface area contributed by atoms with Crippen molar-refractivity contribution >= 4 is 23.2 Å². The summed E-state index contributed by atoms with van der Waals surface area (Å²) in [6, 6.07) is 17.2. The standard InChI is InChI=1S/C23H22N6O2/c1-15-19(13-24-28(15)2)26-23(31)21-20(14-25-29(21)3)27-22(30)18-11-9-17(10-12-18)16-7-5-4-6-8-16/h4-14H,1-3H3,(H,26,31)(H,27,30). The topological polar surface area (TPSA) is 93.8 Å². The first-order valence-electron chi connectivity index (χ1n) is 9.73. The molecule has 0 saturated heterocycles. The molecule has 0 fully saturated rings. The lowest BCUT2D eigenvalue weighted by Gasteiger charge is -2.09. The minimum atomic E-state index is -0.383. The van der Waals surface area contributed by atoms with Crippen molar-refractivity contribution in [2.45, 2.75) is 6.92 Å². The molecule has 0 saturated carbocycles. The monoisotopic (exact) mass is 414 g/mol. The zero-order chi connectivity index (χ0) is 22.0. The summed E-state index contributed by atoms with van der Waals surface area (Å²) in [5.41, 5.74) is 4.58. The van der Waals surface area contributed by atoms with Gasteiger partial charge in [-0.25, -0.2) is 0 Å². The second-order valence-corrected chi connectivity index (χ2v) is 7.15. The molecule has 0 aliphatic rings. The van der Waals surface area contributed by atoms with E-state index in [4.69, 9.17) is 0 Å². The number of benzene rings is 2. The zero-order valence-electron chi connectivity index (χ0n) is 17.5. The first kappa shape index (κ1) is 20.1. The van der Waals surface area contributed by atoms with Gasteiger partial charge in [0.2, 0.25) is 0 Å². The Balaban J connectivity index is 1.51. The summed E-state index contributed by atoms with van der Waals surface area (Å²) in [5, 5.41) is 13.9. The molecule has 8 nitrogen and oxygen atoms in total. The quantitative estimate of drug-likeness (QED) is 0.521. The van der Waals surface area contributed by atoms with Gasteiger partial charge in [-0.1, -0.05) is 42.5 Å². The molecule has 8 heteroatoms. The number of nitrogens with zero attached hydrogens (tertiary/aromatic N) is 4. The Kier molecular flexibility index (Phi) is 5.36. The number of aromatic nitrogens is 4. The van der Waals surface area contributed by atoms with Crippen LogP contribution in [0, 0.1) is 6.92 Å². The Morgan fingerprint density at radius 1 is 0.742 bits per heavy atom. The number of aryl methyl sites for hydroxylation is 2. The molecule has 2 heterocycles. The van der Waals surface area contributed by atoms with E-state index in [2.05, 4.69) is 20.8 Å². The van der Waals surface area contributed by atoms with Crippen molar-refractivity contribution in [3.8, 4) is 11.1 Å². The van der Waals surface area contributed by atoms with E-state index in [9.17, 15) is 9.59 Å². The highest BCUT2D eigenvalue weighted by Crippen LogP contribution is 2.22. The highest BCUT2D eigenvalue weighted by atomic mass is 16.2. The Labute approximate surface area is 179 Å². The van der Waals surface area contributed by atoms with Crippen LogP contribution in [0.1, 0.15) is 26.5 Å². The minimum Gasteiger partial charge on any atom is -0.319 e. The Morgan fingerprint density at radius 2 is 1.32 bits per heavy atom. The fourth-order valence-corrected chi connectivity index (χ4v) is 3.24. The van der Waals surface area contributed by atoms with Crippen molar-refractivity contribution in [2.24, 2.45) is 14.1 Å². The van der Waals surface area contributed by atoms with Gasteiger partial charge in [0.1, 0.15) is 5.69 Å². The predicted octanol–water partition coefficient (Wildman–Crippen LogP) is 3.63. The maximum atomic E-state index is 12.8. The van der Waals surface area contributed by atoms with Crippen molar-refractivity contribution in [1.29, 1.82) is 0 Å². The fourth-order valence-electron chi connectivity index (χ4n) is 3.24. The van der Waals surface area contributed by atoms with Gasteiger partial charge >= 0.3 is 0 Å². The second kappa shape index (κ2) is 8.27. The van der Waals surface area contributed by atoms with Crippen LogP contribution in [0.4, 0.5) is 11.4 Å². The van der Waals surface area contributed by atoms with Crippen LogP contribution in [0.15, 0.2) is 67.0 Å². The lowest BCUT2D eigenvalue weighted by atomic mass is 10.0. The van der Waals surface area contributed by atoms with Crippen molar-refractivity contribution in [2.75, 3.05) is 10.6 Å². The molecule has 31 heavy (non-hydrogen) atoms. The highest BCUT2D eigenvalue weighted by molar-refractivity contribution is 6.11. The molecular formula is C23H22N6O2. The SMILES string of the molecule is Cc1c(NC(=O)c2c(NC(=O)c3ccc(-c4ccccc4)cc3)cnn2C)cnn1C. The molecule has 2 aromatic carbocycles. The maximum Gasteiger partial charge on any atom is 0.276 e. The van der Waals surface area contributed by atoms with Gasteiger partial charge < -0.3 is 10.6 Å². The first-order chi connectivity index (χ1) is 14.9. The van der Waals surface area contributed by atoms with Crippen LogP contribution >= 0.6 is 0 Å². The molecule has 0 unspecified atom stereocenters.